The van der Waals surface area contributed by atoms with Crippen molar-refractivity contribution in [1.82, 2.24) is 15.2 Å². The summed E-state index contributed by atoms with van der Waals surface area (Å²) in [5.74, 6) is -2.97. The zero-order valence-corrected chi connectivity index (χ0v) is 9.27. The summed E-state index contributed by atoms with van der Waals surface area (Å²) in [5.41, 5.74) is 0. The Kier molecular flexibility index (Phi) is 3.16. The van der Waals surface area contributed by atoms with Gasteiger partial charge in [0.15, 0.2) is 0 Å². The molecule has 1 aromatic rings. The zero-order chi connectivity index (χ0) is 13.4. The number of rotatable bonds is 2. The smallest absolute Gasteiger partial charge is 0.339 e. The lowest BCUT2D eigenvalue weighted by atomic mass is 10.1. The van der Waals surface area contributed by atoms with E-state index in [1.54, 1.807) is 0 Å². The van der Waals surface area contributed by atoms with Crippen LogP contribution in [0.3, 0.4) is 0 Å². The van der Waals surface area contributed by atoms with Crippen LogP contribution in [0.4, 0.5) is 27.9 Å². The number of H-pyrrole nitrogens is 1. The van der Waals surface area contributed by atoms with E-state index in [4.69, 9.17) is 0 Å². The van der Waals surface area contributed by atoms with Crippen molar-refractivity contribution in [3.05, 3.63) is 5.82 Å². The molecule has 18 heavy (non-hydrogen) atoms. The molecule has 0 atom stereocenters. The zero-order valence-electron chi connectivity index (χ0n) is 9.27. The molecular formula is C9H11F5N4. The van der Waals surface area contributed by atoms with Crippen molar-refractivity contribution in [2.45, 2.75) is 31.4 Å². The largest absolute Gasteiger partial charge is 0.396 e. The van der Waals surface area contributed by atoms with Gasteiger partial charge >= 0.3 is 6.18 Å². The quantitative estimate of drug-likeness (QED) is 0.837. The Morgan fingerprint density at radius 3 is 2.39 bits per heavy atom. The van der Waals surface area contributed by atoms with Gasteiger partial charge in [-0.25, -0.2) is 8.78 Å². The molecule has 1 aliphatic rings. The third kappa shape index (κ3) is 3.30. The highest BCUT2D eigenvalue weighted by molar-refractivity contribution is 5.29. The van der Waals surface area contributed by atoms with Gasteiger partial charge in [0.1, 0.15) is 12.2 Å². The van der Waals surface area contributed by atoms with Crippen LogP contribution in [-0.4, -0.2) is 40.4 Å². The SMILES string of the molecule is FC(F)(F)Cc1nc(N2CCC(F)(F)CC2)n[nH]1. The van der Waals surface area contributed by atoms with Crippen LogP contribution in [0.5, 0.6) is 0 Å². The van der Waals surface area contributed by atoms with Gasteiger partial charge in [-0.2, -0.15) is 18.2 Å². The predicted octanol–water partition coefficient (Wildman–Crippen LogP) is 2.14. The molecule has 0 radical (unpaired) electrons. The molecule has 2 rings (SSSR count). The summed E-state index contributed by atoms with van der Waals surface area (Å²) in [4.78, 5) is 5.11. The van der Waals surface area contributed by atoms with E-state index in [1.807, 2.05) is 0 Å². The minimum atomic E-state index is -4.37. The van der Waals surface area contributed by atoms with Gasteiger partial charge in [0.25, 0.3) is 5.92 Å². The van der Waals surface area contributed by atoms with E-state index in [1.165, 1.54) is 4.90 Å². The molecule has 0 bridgehead atoms. The number of nitrogens with one attached hydrogen (secondary N) is 1. The van der Waals surface area contributed by atoms with Crippen LogP contribution in [0.25, 0.3) is 0 Å². The molecule has 0 unspecified atom stereocenters. The van der Waals surface area contributed by atoms with Crippen LogP contribution < -0.4 is 4.90 Å². The highest BCUT2D eigenvalue weighted by Gasteiger charge is 2.35. The maximum Gasteiger partial charge on any atom is 0.396 e. The lowest BCUT2D eigenvalue weighted by Gasteiger charge is -2.30. The van der Waals surface area contributed by atoms with Gasteiger partial charge in [-0.15, -0.1) is 5.10 Å². The summed E-state index contributed by atoms with van der Waals surface area (Å²) in [7, 11) is 0. The summed E-state index contributed by atoms with van der Waals surface area (Å²) in [6, 6.07) is 0. The van der Waals surface area contributed by atoms with Crippen LogP contribution >= 0.6 is 0 Å². The highest BCUT2D eigenvalue weighted by atomic mass is 19.4. The standard InChI is InChI=1S/C9H11F5N4/c10-8(11)1-3-18(4-2-8)7-15-6(16-17-7)5-9(12,13)14/h1-5H2,(H,15,16,17). The normalized spacial score (nSPS) is 20.2. The molecule has 1 saturated heterocycles. The van der Waals surface area contributed by atoms with Crippen molar-refractivity contribution >= 4 is 5.95 Å². The summed E-state index contributed by atoms with van der Waals surface area (Å²) in [6.45, 7) is 0.0760. The number of hydrogen-bond donors (Lipinski definition) is 1. The lowest BCUT2D eigenvalue weighted by molar-refractivity contribution is -0.128. The summed E-state index contributed by atoms with van der Waals surface area (Å²) in [6.07, 6.45) is -6.25. The molecule has 0 amide bonds. The average Bonchev–Trinajstić information content (AvgIpc) is 2.63. The number of piperidine rings is 1. The maximum absolute atomic E-state index is 12.9. The van der Waals surface area contributed by atoms with Crippen LogP contribution in [0.2, 0.25) is 0 Å². The van der Waals surface area contributed by atoms with Gasteiger partial charge < -0.3 is 4.90 Å². The van der Waals surface area contributed by atoms with Gasteiger partial charge in [0.05, 0.1) is 0 Å². The maximum atomic E-state index is 12.9. The first-order valence-corrected chi connectivity index (χ1v) is 5.36. The topological polar surface area (TPSA) is 44.8 Å². The van der Waals surface area contributed by atoms with Crippen molar-refractivity contribution < 1.29 is 22.0 Å². The molecular weight excluding hydrogens is 259 g/mol. The van der Waals surface area contributed by atoms with E-state index in [0.29, 0.717) is 0 Å². The van der Waals surface area contributed by atoms with Gasteiger partial charge in [0, 0.05) is 25.9 Å². The van der Waals surface area contributed by atoms with Gasteiger partial charge in [0.2, 0.25) is 5.95 Å². The minimum absolute atomic E-state index is 0.0380. The number of aromatic nitrogens is 3. The van der Waals surface area contributed by atoms with E-state index in [2.05, 4.69) is 15.2 Å². The van der Waals surface area contributed by atoms with Gasteiger partial charge in [-0.05, 0) is 0 Å². The molecule has 2 heterocycles. The molecule has 102 valence electrons. The first-order valence-electron chi connectivity index (χ1n) is 5.36. The molecule has 1 aliphatic heterocycles. The molecule has 1 N–H and O–H groups in total. The van der Waals surface area contributed by atoms with E-state index >= 15 is 0 Å². The number of aromatic amines is 1. The fourth-order valence-electron chi connectivity index (χ4n) is 1.73. The second-order valence-corrected chi connectivity index (χ2v) is 4.22. The van der Waals surface area contributed by atoms with Crippen molar-refractivity contribution in [2.75, 3.05) is 18.0 Å². The molecule has 4 nitrogen and oxygen atoms in total. The third-order valence-electron chi connectivity index (χ3n) is 2.67. The van der Waals surface area contributed by atoms with Crippen LogP contribution in [0.15, 0.2) is 0 Å². The Balaban J connectivity index is 1.99. The monoisotopic (exact) mass is 270 g/mol. The second kappa shape index (κ2) is 4.36. The van der Waals surface area contributed by atoms with Crippen molar-refractivity contribution in [3.8, 4) is 0 Å². The Morgan fingerprint density at radius 2 is 1.83 bits per heavy atom. The summed E-state index contributed by atoms with van der Waals surface area (Å²) >= 11 is 0. The molecule has 0 aliphatic carbocycles. The van der Waals surface area contributed by atoms with E-state index in [0.717, 1.165) is 0 Å². The Morgan fingerprint density at radius 1 is 1.22 bits per heavy atom. The molecule has 1 aromatic heterocycles. The van der Waals surface area contributed by atoms with Crippen LogP contribution in [0, 0.1) is 0 Å². The Bertz CT molecular complexity index is 403. The third-order valence-corrected chi connectivity index (χ3v) is 2.67. The number of hydrogen-bond acceptors (Lipinski definition) is 3. The first-order chi connectivity index (χ1) is 8.25. The Labute approximate surface area is 99.2 Å². The van der Waals surface area contributed by atoms with Crippen molar-refractivity contribution in [1.29, 1.82) is 0 Å². The second-order valence-electron chi connectivity index (χ2n) is 4.22. The number of alkyl halides is 5. The minimum Gasteiger partial charge on any atom is -0.339 e. The average molecular weight is 270 g/mol. The number of halogens is 5. The number of nitrogens with zero attached hydrogens (tertiary/aromatic N) is 3. The molecule has 9 heteroatoms. The predicted molar refractivity (Wildman–Crippen MR) is 52.5 cm³/mol. The highest BCUT2D eigenvalue weighted by Crippen LogP contribution is 2.29. The van der Waals surface area contributed by atoms with Crippen molar-refractivity contribution in [3.63, 3.8) is 0 Å². The van der Waals surface area contributed by atoms with E-state index < -0.39 is 18.5 Å². The van der Waals surface area contributed by atoms with Gasteiger partial charge in [-0.1, -0.05) is 0 Å². The summed E-state index contributed by atoms with van der Waals surface area (Å²) < 4.78 is 62.1. The Hall–Kier alpha value is -1.41. The molecule has 0 spiro atoms. The van der Waals surface area contributed by atoms with Crippen LogP contribution in [0.1, 0.15) is 18.7 Å². The summed E-state index contributed by atoms with van der Waals surface area (Å²) in [5, 5.41) is 5.79. The van der Waals surface area contributed by atoms with E-state index in [9.17, 15) is 22.0 Å². The fraction of sp³-hybridized carbons (Fsp3) is 0.778. The molecule has 0 saturated carbocycles. The van der Waals surface area contributed by atoms with Gasteiger partial charge in [-0.3, -0.25) is 5.10 Å². The van der Waals surface area contributed by atoms with Crippen LogP contribution in [-0.2, 0) is 6.42 Å². The van der Waals surface area contributed by atoms with Crippen molar-refractivity contribution in [2.24, 2.45) is 0 Å². The molecule has 0 aromatic carbocycles. The first kappa shape index (κ1) is 13.0. The molecule has 1 fully saturated rings. The number of anilines is 1. The fourth-order valence-corrected chi connectivity index (χ4v) is 1.73. The van der Waals surface area contributed by atoms with E-state index in [-0.39, 0.29) is 37.7 Å². The lowest BCUT2D eigenvalue weighted by Crippen LogP contribution is -2.39.